The third-order valence-corrected chi connectivity index (χ3v) is 3.03. The minimum atomic E-state index is -0.0116. The lowest BCUT2D eigenvalue weighted by Crippen LogP contribution is -1.97. The summed E-state index contributed by atoms with van der Waals surface area (Å²) < 4.78 is 10.7. The van der Waals surface area contributed by atoms with Gasteiger partial charge in [-0.05, 0) is 36.6 Å². The van der Waals surface area contributed by atoms with Crippen LogP contribution in [0.15, 0.2) is 28.8 Å². The molecule has 0 radical (unpaired) electrons. The van der Waals surface area contributed by atoms with E-state index in [0.717, 1.165) is 30.7 Å². The molecule has 0 bridgehead atoms. The van der Waals surface area contributed by atoms with Crippen molar-refractivity contribution >= 4 is 17.8 Å². The van der Waals surface area contributed by atoms with Crippen LogP contribution in [-0.4, -0.2) is 16.7 Å². The zero-order chi connectivity index (χ0) is 13.1. The lowest BCUT2D eigenvalue weighted by molar-refractivity contribution is 0.103. The fraction of sp³-hybridized carbons (Fsp3) is 0.286. The standard InChI is InChI=1S/C14H15N3O2/c15-11-6-3-10(4-7-11)5-8-13-16-14(17-19-13)12-2-1-9-18-12/h3-8,12H,1-2,9,15H2/b8-5+. The predicted octanol–water partition coefficient (Wildman–Crippen LogP) is 2.67. The molecular formula is C14H15N3O2. The second-order valence-corrected chi connectivity index (χ2v) is 4.49. The van der Waals surface area contributed by atoms with Crippen molar-refractivity contribution < 1.29 is 9.26 Å². The summed E-state index contributed by atoms with van der Waals surface area (Å²) in [4.78, 5) is 4.31. The summed E-state index contributed by atoms with van der Waals surface area (Å²) in [6.07, 6.45) is 5.70. The normalized spacial score (nSPS) is 19.3. The molecule has 2 heterocycles. The van der Waals surface area contributed by atoms with Crippen molar-refractivity contribution in [3.8, 4) is 0 Å². The van der Waals surface area contributed by atoms with Crippen LogP contribution in [0, 0.1) is 0 Å². The summed E-state index contributed by atoms with van der Waals surface area (Å²) in [6.45, 7) is 0.774. The Kier molecular flexibility index (Phi) is 3.29. The number of nitrogens with zero attached hydrogens (tertiary/aromatic N) is 2. The van der Waals surface area contributed by atoms with Gasteiger partial charge < -0.3 is 15.0 Å². The second-order valence-electron chi connectivity index (χ2n) is 4.49. The van der Waals surface area contributed by atoms with Crippen molar-refractivity contribution in [1.82, 2.24) is 10.1 Å². The molecule has 1 aromatic heterocycles. The summed E-state index contributed by atoms with van der Waals surface area (Å²) in [5.74, 6) is 1.12. The molecule has 1 aliphatic heterocycles. The van der Waals surface area contributed by atoms with Crippen LogP contribution in [0.3, 0.4) is 0 Å². The van der Waals surface area contributed by atoms with Gasteiger partial charge in [0.25, 0.3) is 5.89 Å². The average molecular weight is 257 g/mol. The second kappa shape index (κ2) is 5.24. The van der Waals surface area contributed by atoms with Gasteiger partial charge in [-0.2, -0.15) is 4.98 Å². The van der Waals surface area contributed by atoms with Gasteiger partial charge in [0, 0.05) is 18.4 Å². The number of ether oxygens (including phenoxy) is 1. The third kappa shape index (κ3) is 2.82. The van der Waals surface area contributed by atoms with E-state index in [2.05, 4.69) is 10.1 Å². The van der Waals surface area contributed by atoms with E-state index in [0.29, 0.717) is 11.7 Å². The van der Waals surface area contributed by atoms with Crippen LogP contribution in [0.25, 0.3) is 12.2 Å². The van der Waals surface area contributed by atoms with E-state index in [-0.39, 0.29) is 6.10 Å². The molecule has 3 rings (SSSR count). The predicted molar refractivity (Wildman–Crippen MR) is 72.0 cm³/mol. The molecule has 5 nitrogen and oxygen atoms in total. The third-order valence-electron chi connectivity index (χ3n) is 3.03. The number of benzene rings is 1. The Labute approximate surface area is 111 Å². The minimum absolute atomic E-state index is 0.0116. The van der Waals surface area contributed by atoms with Crippen molar-refractivity contribution in [3.05, 3.63) is 41.5 Å². The van der Waals surface area contributed by atoms with Crippen LogP contribution in [0.1, 0.15) is 36.2 Å². The average Bonchev–Trinajstić information content (AvgIpc) is 3.09. The van der Waals surface area contributed by atoms with Crippen LogP contribution in [0.4, 0.5) is 5.69 Å². The first kappa shape index (κ1) is 11.9. The van der Waals surface area contributed by atoms with Gasteiger partial charge in [-0.25, -0.2) is 0 Å². The monoisotopic (exact) mass is 257 g/mol. The lowest BCUT2D eigenvalue weighted by atomic mass is 10.2. The molecule has 0 spiro atoms. The summed E-state index contributed by atoms with van der Waals surface area (Å²) >= 11 is 0. The molecule has 2 aromatic rings. The van der Waals surface area contributed by atoms with Gasteiger partial charge in [-0.15, -0.1) is 0 Å². The molecule has 2 N–H and O–H groups in total. The summed E-state index contributed by atoms with van der Waals surface area (Å²) in [5.41, 5.74) is 7.41. The Hall–Kier alpha value is -2.14. The summed E-state index contributed by atoms with van der Waals surface area (Å²) in [6, 6.07) is 7.57. The first-order valence-corrected chi connectivity index (χ1v) is 6.30. The molecule has 0 aliphatic carbocycles. The zero-order valence-electron chi connectivity index (χ0n) is 10.5. The number of nitrogen functional groups attached to an aromatic ring is 1. The van der Waals surface area contributed by atoms with Gasteiger partial charge in [-0.1, -0.05) is 17.3 Å². The molecule has 5 heteroatoms. The number of hydrogen-bond acceptors (Lipinski definition) is 5. The molecule has 19 heavy (non-hydrogen) atoms. The number of rotatable bonds is 3. The molecule has 1 atom stereocenters. The molecule has 0 amide bonds. The highest BCUT2D eigenvalue weighted by molar-refractivity contribution is 5.66. The topological polar surface area (TPSA) is 74.2 Å². The van der Waals surface area contributed by atoms with Crippen LogP contribution < -0.4 is 5.73 Å². The highest BCUT2D eigenvalue weighted by atomic mass is 16.5. The number of nitrogens with two attached hydrogens (primary N) is 1. The lowest BCUT2D eigenvalue weighted by Gasteiger charge is -2.00. The van der Waals surface area contributed by atoms with E-state index in [1.165, 1.54) is 0 Å². The van der Waals surface area contributed by atoms with E-state index in [9.17, 15) is 0 Å². The van der Waals surface area contributed by atoms with Crippen molar-refractivity contribution in [2.75, 3.05) is 12.3 Å². The van der Waals surface area contributed by atoms with Crippen molar-refractivity contribution in [1.29, 1.82) is 0 Å². The highest BCUT2D eigenvalue weighted by Gasteiger charge is 2.22. The Morgan fingerprint density at radius 3 is 2.79 bits per heavy atom. The maximum Gasteiger partial charge on any atom is 0.250 e. The molecule has 1 unspecified atom stereocenters. The zero-order valence-corrected chi connectivity index (χ0v) is 10.5. The SMILES string of the molecule is Nc1ccc(/C=C/c2nc(C3CCCO3)no2)cc1. The van der Waals surface area contributed by atoms with Gasteiger partial charge in [0.05, 0.1) is 0 Å². The fourth-order valence-electron chi connectivity index (χ4n) is 2.00. The van der Waals surface area contributed by atoms with E-state index in [1.807, 2.05) is 30.3 Å². The van der Waals surface area contributed by atoms with Gasteiger partial charge in [0.2, 0.25) is 5.82 Å². The Morgan fingerprint density at radius 2 is 2.05 bits per heavy atom. The van der Waals surface area contributed by atoms with Gasteiger partial charge in [0.15, 0.2) is 0 Å². The largest absolute Gasteiger partial charge is 0.399 e. The van der Waals surface area contributed by atoms with E-state index in [1.54, 1.807) is 6.08 Å². The minimum Gasteiger partial charge on any atom is -0.399 e. The first-order valence-electron chi connectivity index (χ1n) is 6.30. The maximum absolute atomic E-state index is 5.63. The van der Waals surface area contributed by atoms with Gasteiger partial charge in [0.1, 0.15) is 6.10 Å². The summed E-state index contributed by atoms with van der Waals surface area (Å²) in [5, 5.41) is 3.94. The van der Waals surface area contributed by atoms with Crippen LogP contribution in [0.2, 0.25) is 0 Å². The van der Waals surface area contributed by atoms with Crippen molar-refractivity contribution in [2.45, 2.75) is 18.9 Å². The van der Waals surface area contributed by atoms with E-state index >= 15 is 0 Å². The quantitative estimate of drug-likeness (QED) is 0.856. The van der Waals surface area contributed by atoms with Gasteiger partial charge in [-0.3, -0.25) is 0 Å². The molecule has 98 valence electrons. The molecule has 1 fully saturated rings. The molecule has 1 aromatic carbocycles. The highest BCUT2D eigenvalue weighted by Crippen LogP contribution is 2.26. The Morgan fingerprint density at radius 1 is 1.21 bits per heavy atom. The van der Waals surface area contributed by atoms with E-state index in [4.69, 9.17) is 15.0 Å². The van der Waals surface area contributed by atoms with Crippen LogP contribution in [0.5, 0.6) is 0 Å². The number of anilines is 1. The van der Waals surface area contributed by atoms with E-state index < -0.39 is 0 Å². The number of hydrogen-bond donors (Lipinski definition) is 1. The summed E-state index contributed by atoms with van der Waals surface area (Å²) in [7, 11) is 0. The first-order chi connectivity index (χ1) is 9.31. The molecular weight excluding hydrogens is 242 g/mol. The Balaban J connectivity index is 1.71. The number of aromatic nitrogens is 2. The van der Waals surface area contributed by atoms with Crippen LogP contribution in [-0.2, 0) is 4.74 Å². The van der Waals surface area contributed by atoms with Crippen molar-refractivity contribution in [2.24, 2.45) is 0 Å². The maximum atomic E-state index is 5.63. The molecule has 0 saturated carbocycles. The molecule has 1 aliphatic rings. The van der Waals surface area contributed by atoms with Crippen molar-refractivity contribution in [3.63, 3.8) is 0 Å². The fourth-order valence-corrected chi connectivity index (χ4v) is 2.00. The van der Waals surface area contributed by atoms with Gasteiger partial charge >= 0.3 is 0 Å². The Bertz CT molecular complexity index is 569. The molecule has 1 saturated heterocycles. The smallest absolute Gasteiger partial charge is 0.250 e. The van der Waals surface area contributed by atoms with Crippen LogP contribution >= 0.6 is 0 Å².